The van der Waals surface area contributed by atoms with E-state index in [1.165, 1.54) is 4.90 Å². The smallest absolute Gasteiger partial charge is 0.313 e. The van der Waals surface area contributed by atoms with Crippen LogP contribution in [0.1, 0.15) is 26.3 Å². The van der Waals surface area contributed by atoms with Crippen LogP contribution in [-0.4, -0.2) is 16.8 Å². The van der Waals surface area contributed by atoms with Crippen LogP contribution in [0.5, 0.6) is 0 Å². The second kappa shape index (κ2) is 4.71. The van der Waals surface area contributed by atoms with Gasteiger partial charge >= 0.3 is 5.97 Å². The van der Waals surface area contributed by atoms with E-state index in [1.807, 2.05) is 24.3 Å². The molecule has 0 fully saturated rings. The molecule has 1 aromatic rings. The van der Waals surface area contributed by atoms with Crippen LogP contribution in [0.15, 0.2) is 29.2 Å². The summed E-state index contributed by atoms with van der Waals surface area (Å²) in [5.74, 6) is 0.236. The zero-order chi connectivity index (χ0) is 11.5. The van der Waals surface area contributed by atoms with Crippen molar-refractivity contribution in [3.8, 4) is 0 Å². The molecule has 0 spiro atoms. The van der Waals surface area contributed by atoms with Crippen molar-refractivity contribution in [2.24, 2.45) is 0 Å². The van der Waals surface area contributed by atoms with Gasteiger partial charge in [0.15, 0.2) is 0 Å². The fourth-order valence-corrected chi connectivity index (χ4v) is 1.92. The molecule has 0 radical (unpaired) electrons. The molecule has 0 amide bonds. The van der Waals surface area contributed by atoms with Crippen molar-refractivity contribution in [2.45, 2.75) is 31.1 Å². The number of carbonyl (C=O) groups is 1. The molecule has 2 nitrogen and oxygen atoms in total. The first-order valence-electron chi connectivity index (χ1n) is 4.95. The molecule has 0 saturated carbocycles. The summed E-state index contributed by atoms with van der Waals surface area (Å²) in [6.07, 6.45) is 0. The van der Waals surface area contributed by atoms with Crippen molar-refractivity contribution >= 4 is 17.7 Å². The maximum absolute atomic E-state index is 11.0. The van der Waals surface area contributed by atoms with E-state index in [0.717, 1.165) is 11.3 Å². The predicted octanol–water partition coefficient (Wildman–Crippen LogP) is 3.16. The number of carboxylic acid groups (broad SMARTS) is 1. The summed E-state index contributed by atoms with van der Waals surface area (Å²) in [5, 5.41) is 9.06. The van der Waals surface area contributed by atoms with Crippen LogP contribution in [-0.2, 0) is 10.2 Å². The summed E-state index contributed by atoms with van der Waals surface area (Å²) in [7, 11) is 0. The summed E-state index contributed by atoms with van der Waals surface area (Å²) in [5.41, 5.74) is 0.0329. The van der Waals surface area contributed by atoms with Gasteiger partial charge in [-0.05, 0) is 37.3 Å². The molecule has 1 aromatic carbocycles. The standard InChI is InChI=1S/C12H16O2S/c1-4-15-10-7-5-9(6-8-10)12(2,3)11(13)14/h5-8H,4H2,1-3H3,(H,13,14). The third-order valence-corrected chi connectivity index (χ3v) is 3.32. The lowest BCUT2D eigenvalue weighted by molar-refractivity contribution is -0.142. The van der Waals surface area contributed by atoms with Gasteiger partial charge in [0.25, 0.3) is 0 Å². The van der Waals surface area contributed by atoms with Gasteiger partial charge in [0.2, 0.25) is 0 Å². The summed E-state index contributed by atoms with van der Waals surface area (Å²) in [6, 6.07) is 7.75. The van der Waals surface area contributed by atoms with Crippen LogP contribution in [0.3, 0.4) is 0 Å². The Morgan fingerprint density at radius 1 is 1.33 bits per heavy atom. The Hall–Kier alpha value is -0.960. The van der Waals surface area contributed by atoms with Crippen LogP contribution in [0.25, 0.3) is 0 Å². The summed E-state index contributed by atoms with van der Waals surface area (Å²) < 4.78 is 0. The minimum Gasteiger partial charge on any atom is -0.481 e. The van der Waals surface area contributed by atoms with E-state index in [0.29, 0.717) is 0 Å². The van der Waals surface area contributed by atoms with Crippen molar-refractivity contribution in [1.29, 1.82) is 0 Å². The van der Waals surface area contributed by atoms with Gasteiger partial charge in [0.1, 0.15) is 0 Å². The van der Waals surface area contributed by atoms with E-state index >= 15 is 0 Å². The van der Waals surface area contributed by atoms with E-state index in [1.54, 1.807) is 25.6 Å². The average Bonchev–Trinajstić information content (AvgIpc) is 2.19. The zero-order valence-electron chi connectivity index (χ0n) is 9.28. The Morgan fingerprint density at radius 2 is 1.87 bits per heavy atom. The molecule has 0 bridgehead atoms. The summed E-state index contributed by atoms with van der Waals surface area (Å²) in [6.45, 7) is 5.54. The molecule has 3 heteroatoms. The quantitative estimate of drug-likeness (QED) is 0.798. The van der Waals surface area contributed by atoms with E-state index in [9.17, 15) is 4.79 Å². The van der Waals surface area contributed by atoms with E-state index < -0.39 is 11.4 Å². The SMILES string of the molecule is CCSc1ccc(C(C)(C)C(=O)O)cc1. The minimum absolute atomic E-state index is 0.793. The van der Waals surface area contributed by atoms with Gasteiger partial charge in [-0.3, -0.25) is 4.79 Å². The van der Waals surface area contributed by atoms with Gasteiger partial charge in [-0.1, -0.05) is 19.1 Å². The monoisotopic (exact) mass is 224 g/mol. The number of aliphatic carboxylic acids is 1. The number of hydrogen-bond acceptors (Lipinski definition) is 2. The topological polar surface area (TPSA) is 37.3 Å². The van der Waals surface area contributed by atoms with Gasteiger partial charge in [-0.15, -0.1) is 11.8 Å². The molecular formula is C12H16O2S. The van der Waals surface area contributed by atoms with Gasteiger partial charge in [-0.2, -0.15) is 0 Å². The van der Waals surface area contributed by atoms with Crippen LogP contribution >= 0.6 is 11.8 Å². The Morgan fingerprint density at radius 3 is 2.27 bits per heavy atom. The van der Waals surface area contributed by atoms with Crippen molar-refractivity contribution < 1.29 is 9.90 Å². The Labute approximate surface area is 94.7 Å². The van der Waals surface area contributed by atoms with Gasteiger partial charge < -0.3 is 5.11 Å². The molecule has 82 valence electrons. The third-order valence-electron chi connectivity index (χ3n) is 2.42. The molecule has 0 aromatic heterocycles. The second-order valence-electron chi connectivity index (χ2n) is 3.89. The van der Waals surface area contributed by atoms with Crippen LogP contribution < -0.4 is 0 Å². The molecule has 0 aliphatic rings. The zero-order valence-corrected chi connectivity index (χ0v) is 10.1. The van der Waals surface area contributed by atoms with Crippen molar-refractivity contribution in [2.75, 3.05) is 5.75 Å². The molecule has 0 aliphatic carbocycles. The maximum Gasteiger partial charge on any atom is 0.313 e. The predicted molar refractivity (Wildman–Crippen MR) is 63.5 cm³/mol. The fraction of sp³-hybridized carbons (Fsp3) is 0.417. The average molecular weight is 224 g/mol. The molecule has 1 N–H and O–H groups in total. The van der Waals surface area contributed by atoms with Crippen LogP contribution in [0.4, 0.5) is 0 Å². The third kappa shape index (κ3) is 2.75. The highest BCUT2D eigenvalue weighted by Crippen LogP contribution is 2.26. The first-order chi connectivity index (χ1) is 6.98. The number of hydrogen-bond donors (Lipinski definition) is 1. The second-order valence-corrected chi connectivity index (χ2v) is 5.22. The van der Waals surface area contributed by atoms with E-state index in [2.05, 4.69) is 6.92 Å². The summed E-state index contributed by atoms with van der Waals surface area (Å²) in [4.78, 5) is 12.2. The number of thioether (sulfide) groups is 1. The molecule has 15 heavy (non-hydrogen) atoms. The summed E-state index contributed by atoms with van der Waals surface area (Å²) >= 11 is 1.76. The lowest BCUT2D eigenvalue weighted by Crippen LogP contribution is -2.28. The molecule has 0 unspecified atom stereocenters. The minimum atomic E-state index is -0.810. The highest BCUT2D eigenvalue weighted by molar-refractivity contribution is 7.99. The van der Waals surface area contributed by atoms with E-state index in [-0.39, 0.29) is 0 Å². The highest BCUT2D eigenvalue weighted by atomic mass is 32.2. The number of rotatable bonds is 4. The molecule has 0 aliphatic heterocycles. The van der Waals surface area contributed by atoms with Crippen LogP contribution in [0.2, 0.25) is 0 Å². The number of carboxylic acids is 1. The van der Waals surface area contributed by atoms with Crippen molar-refractivity contribution in [3.05, 3.63) is 29.8 Å². The molecule has 0 saturated heterocycles. The normalized spacial score (nSPS) is 11.4. The lowest BCUT2D eigenvalue weighted by atomic mass is 9.85. The molecular weight excluding hydrogens is 208 g/mol. The molecule has 1 rings (SSSR count). The van der Waals surface area contributed by atoms with Gasteiger partial charge in [-0.25, -0.2) is 0 Å². The van der Waals surface area contributed by atoms with Gasteiger partial charge in [0, 0.05) is 4.90 Å². The number of benzene rings is 1. The maximum atomic E-state index is 11.0. The first kappa shape index (κ1) is 12.1. The fourth-order valence-electron chi connectivity index (χ4n) is 1.26. The molecule has 0 atom stereocenters. The Balaban J connectivity index is 2.93. The van der Waals surface area contributed by atoms with Crippen molar-refractivity contribution in [1.82, 2.24) is 0 Å². The highest BCUT2D eigenvalue weighted by Gasteiger charge is 2.28. The van der Waals surface area contributed by atoms with E-state index in [4.69, 9.17) is 5.11 Å². The largest absolute Gasteiger partial charge is 0.481 e. The lowest BCUT2D eigenvalue weighted by Gasteiger charge is -2.19. The first-order valence-corrected chi connectivity index (χ1v) is 5.93. The Kier molecular flexibility index (Phi) is 3.80. The molecule has 0 heterocycles. The van der Waals surface area contributed by atoms with Gasteiger partial charge in [0.05, 0.1) is 5.41 Å². The Bertz CT molecular complexity index is 341. The van der Waals surface area contributed by atoms with Crippen LogP contribution in [0, 0.1) is 0 Å². The van der Waals surface area contributed by atoms with Crippen molar-refractivity contribution in [3.63, 3.8) is 0 Å².